The molecule has 2 heterocycles. The van der Waals surface area contributed by atoms with Crippen molar-refractivity contribution in [1.82, 2.24) is 9.38 Å². The number of imidazole rings is 1. The number of nitrogens with zero attached hydrogens (tertiary/aromatic N) is 2. The molecule has 4 nitrogen and oxygen atoms in total. The monoisotopic (exact) mass is 740 g/mol. The molecule has 0 saturated carbocycles. The van der Waals surface area contributed by atoms with Gasteiger partial charge in [-0.25, -0.2) is 0 Å². The average molecular weight is 740 g/mol. The third kappa shape index (κ3) is 5.75. The molecule has 0 unspecified atom stereocenters. The van der Waals surface area contributed by atoms with E-state index in [9.17, 15) is 4.79 Å². The number of allylic oxidation sites excluding steroid dienone is 2. The summed E-state index contributed by atoms with van der Waals surface area (Å²) in [7, 11) is 0. The van der Waals surface area contributed by atoms with Crippen molar-refractivity contribution in [2.45, 2.75) is 27.7 Å². The number of hydrogen-bond donors (Lipinski definition) is 1. The van der Waals surface area contributed by atoms with Gasteiger partial charge in [-0.05, 0) is 47.5 Å². The van der Waals surface area contributed by atoms with Crippen molar-refractivity contribution in [3.8, 4) is 11.4 Å². The normalized spacial score (nSPS) is 11.4. The fourth-order valence-electron chi connectivity index (χ4n) is 5.87. The van der Waals surface area contributed by atoms with Crippen LogP contribution in [0.4, 0.5) is 0 Å². The van der Waals surface area contributed by atoms with E-state index in [1.165, 1.54) is 57.8 Å². The van der Waals surface area contributed by atoms with E-state index in [4.69, 9.17) is 10.1 Å². The van der Waals surface area contributed by atoms with Crippen molar-refractivity contribution < 1.29 is 30.0 Å². The second kappa shape index (κ2) is 12.3. The summed E-state index contributed by atoms with van der Waals surface area (Å²) in [6.45, 7) is 7.09. The van der Waals surface area contributed by atoms with Gasteiger partial charge in [0.05, 0.1) is 22.6 Å². The number of rotatable bonds is 2. The number of aromatic nitrogens is 2. The summed E-state index contributed by atoms with van der Waals surface area (Å²) < 4.78 is 2.35. The SMILES string of the molecule is CC(=O)/C=C(/C)O.Cc1[c-]c(-c2nc3cccc4c5ccccc5c5ccccc5c5ccccc5n2c34)cc(C)c1.[Ir]. The number of fused-ring (bicyclic) bond motifs is 7. The zero-order valence-corrected chi connectivity index (χ0v) is 26.9. The van der Waals surface area contributed by atoms with Crippen LogP contribution in [0.1, 0.15) is 25.0 Å². The molecule has 0 saturated heterocycles. The predicted molar refractivity (Wildman–Crippen MR) is 175 cm³/mol. The molecule has 0 fully saturated rings. The summed E-state index contributed by atoms with van der Waals surface area (Å²) in [6, 6.07) is 40.6. The fourth-order valence-corrected chi connectivity index (χ4v) is 5.87. The molecule has 0 spiro atoms. The van der Waals surface area contributed by atoms with Crippen LogP contribution in [0, 0.1) is 19.9 Å². The molecule has 7 rings (SSSR count). The van der Waals surface area contributed by atoms with Gasteiger partial charge in [0, 0.05) is 42.5 Å². The van der Waals surface area contributed by atoms with Crippen LogP contribution in [-0.4, -0.2) is 20.3 Å². The number of para-hydroxylation sites is 2. The van der Waals surface area contributed by atoms with Crippen molar-refractivity contribution in [3.05, 3.63) is 132 Å². The summed E-state index contributed by atoms with van der Waals surface area (Å²) in [6.07, 6.45) is 1.17. The molecule has 7 aromatic rings. The largest absolute Gasteiger partial charge is 0.512 e. The summed E-state index contributed by atoms with van der Waals surface area (Å²) in [5, 5.41) is 15.7. The van der Waals surface area contributed by atoms with Gasteiger partial charge in [0.1, 0.15) is 0 Å². The quantitative estimate of drug-likeness (QED) is 0.109. The van der Waals surface area contributed by atoms with Crippen LogP contribution in [0.2, 0.25) is 0 Å². The standard InChI is InChI=1S/C33H23N2.C5H8O2.Ir/c1-21-18-22(2)20-23(19-21)33-34-30-16-9-15-29-27-13-6-4-11-25(27)24-10-3-5-12-26(24)28-14-7-8-17-31(28)35(33)32(29)30;1-4(6)3-5(2)7;/h3-19H,1-2H3;3,6H,1-2H3;/q-1;;/b;4-3-;. The predicted octanol–water partition coefficient (Wildman–Crippen LogP) is 9.63. The minimum absolute atomic E-state index is 0. The third-order valence-electron chi connectivity index (χ3n) is 7.35. The van der Waals surface area contributed by atoms with Crippen LogP contribution in [-0.2, 0) is 24.9 Å². The Bertz CT molecular complexity index is 2200. The number of aryl methyl sites for hydroxylation is 2. The second-order valence-electron chi connectivity index (χ2n) is 10.7. The number of hydrogen-bond acceptors (Lipinski definition) is 3. The van der Waals surface area contributed by atoms with Gasteiger partial charge in [0.15, 0.2) is 5.78 Å². The van der Waals surface area contributed by atoms with E-state index in [2.05, 4.69) is 127 Å². The molecule has 0 aliphatic rings. The van der Waals surface area contributed by atoms with E-state index in [1.807, 2.05) is 0 Å². The molecule has 0 aliphatic carbocycles. The van der Waals surface area contributed by atoms with Gasteiger partial charge < -0.3 is 9.51 Å². The summed E-state index contributed by atoms with van der Waals surface area (Å²) in [5.74, 6) is 0.857. The molecule has 2 aromatic heterocycles. The van der Waals surface area contributed by atoms with E-state index in [0.29, 0.717) is 0 Å². The Morgan fingerprint density at radius 2 is 1.28 bits per heavy atom. The third-order valence-corrected chi connectivity index (χ3v) is 7.35. The minimum atomic E-state index is -0.125. The Balaban J connectivity index is 0.000000415. The van der Waals surface area contributed by atoms with Gasteiger partial charge >= 0.3 is 0 Å². The fraction of sp³-hybridized carbons (Fsp3) is 0.105. The smallest absolute Gasteiger partial charge is 0.155 e. The zero-order chi connectivity index (χ0) is 29.4. The molecule has 0 aliphatic heterocycles. The molecule has 0 bridgehead atoms. The van der Waals surface area contributed by atoms with Gasteiger partial charge in [-0.3, -0.25) is 9.78 Å². The van der Waals surface area contributed by atoms with Gasteiger partial charge in [-0.15, -0.1) is 34.9 Å². The van der Waals surface area contributed by atoms with Gasteiger partial charge in [-0.1, -0.05) is 92.7 Å². The van der Waals surface area contributed by atoms with Crippen molar-refractivity contribution in [2.75, 3.05) is 0 Å². The van der Waals surface area contributed by atoms with E-state index >= 15 is 0 Å². The number of benzene rings is 5. The van der Waals surface area contributed by atoms with E-state index in [-0.39, 0.29) is 31.6 Å². The first kappa shape index (κ1) is 29.9. The maximum atomic E-state index is 10.0. The van der Waals surface area contributed by atoms with Crippen molar-refractivity contribution in [3.63, 3.8) is 0 Å². The topological polar surface area (TPSA) is 54.6 Å². The number of aliphatic hydroxyl groups excluding tert-OH is 1. The Morgan fingerprint density at radius 3 is 1.84 bits per heavy atom. The van der Waals surface area contributed by atoms with Crippen LogP contribution in [0.3, 0.4) is 0 Å². The molecular weight excluding hydrogens is 709 g/mol. The molecule has 0 amide bonds. The van der Waals surface area contributed by atoms with E-state index in [0.717, 1.165) is 33.5 Å². The molecule has 5 aromatic carbocycles. The molecule has 5 heteroatoms. The van der Waals surface area contributed by atoms with Crippen molar-refractivity contribution >= 4 is 54.7 Å². The van der Waals surface area contributed by atoms with Gasteiger partial charge in [-0.2, -0.15) is 0 Å². The first-order valence-corrected chi connectivity index (χ1v) is 14.0. The van der Waals surface area contributed by atoms with Crippen LogP contribution >= 0.6 is 0 Å². The van der Waals surface area contributed by atoms with Crippen molar-refractivity contribution in [1.29, 1.82) is 0 Å². The van der Waals surface area contributed by atoms with Crippen LogP contribution < -0.4 is 0 Å². The average Bonchev–Trinajstić information content (AvgIpc) is 3.37. The Morgan fingerprint density at radius 1 is 0.744 bits per heavy atom. The summed E-state index contributed by atoms with van der Waals surface area (Å²) in [5.41, 5.74) is 6.59. The first-order valence-electron chi connectivity index (χ1n) is 14.0. The zero-order valence-electron chi connectivity index (χ0n) is 24.5. The van der Waals surface area contributed by atoms with Gasteiger partial charge in [0.2, 0.25) is 0 Å². The Labute approximate surface area is 264 Å². The molecule has 1 radical (unpaired) electrons. The van der Waals surface area contributed by atoms with E-state index in [1.54, 1.807) is 0 Å². The second-order valence-corrected chi connectivity index (χ2v) is 10.7. The molecule has 0 atom stereocenters. The molecule has 43 heavy (non-hydrogen) atoms. The number of aliphatic hydroxyl groups is 1. The number of carbonyl (C=O) groups excluding carboxylic acids is 1. The first-order chi connectivity index (χ1) is 20.3. The number of ketones is 1. The molecule has 215 valence electrons. The van der Waals surface area contributed by atoms with Crippen LogP contribution in [0.15, 0.2) is 115 Å². The molecular formula is C38H31IrN2O2-. The van der Waals surface area contributed by atoms with E-state index < -0.39 is 0 Å². The van der Waals surface area contributed by atoms with Crippen LogP contribution in [0.25, 0.3) is 60.3 Å². The Hall–Kier alpha value is -4.57. The Kier molecular flexibility index (Phi) is 8.59. The minimum Gasteiger partial charge on any atom is -0.512 e. The maximum Gasteiger partial charge on any atom is 0.155 e. The summed E-state index contributed by atoms with van der Waals surface area (Å²) in [4.78, 5) is 15.2. The summed E-state index contributed by atoms with van der Waals surface area (Å²) >= 11 is 0. The number of carbonyl (C=O) groups is 1. The van der Waals surface area contributed by atoms with Crippen LogP contribution in [0.5, 0.6) is 0 Å². The van der Waals surface area contributed by atoms with Gasteiger partial charge in [0.25, 0.3) is 0 Å². The van der Waals surface area contributed by atoms with Crippen molar-refractivity contribution in [2.24, 2.45) is 0 Å². The molecule has 1 N–H and O–H groups in total. The maximum absolute atomic E-state index is 10.0.